The molecule has 19 heterocycles. The molecule has 0 saturated carbocycles. The number of ether oxygens (including phenoxy) is 6. The maximum atomic E-state index is 11.9. The molecule has 0 spiro atoms. The molecule has 0 aromatic carbocycles. The molecule has 0 radical (unpaired) electrons. The van der Waals surface area contributed by atoms with Gasteiger partial charge in [-0.1, -0.05) is 127 Å². The Labute approximate surface area is 884 Å². The summed E-state index contributed by atoms with van der Waals surface area (Å²) in [6, 6.07) is 31.0. The van der Waals surface area contributed by atoms with Crippen LogP contribution in [0.3, 0.4) is 0 Å². The highest BCUT2D eigenvalue weighted by Crippen LogP contribution is 2.41. The Morgan fingerprint density at radius 2 is 0.578 bits per heavy atom. The van der Waals surface area contributed by atoms with Gasteiger partial charge in [0.2, 0.25) is 5.91 Å². The largest absolute Gasteiger partial charge is 0.388 e. The van der Waals surface area contributed by atoms with Gasteiger partial charge in [-0.15, -0.1) is 0 Å². The zero-order chi connectivity index (χ0) is 105. The number of nitrogens with zero attached hydrogens (tertiary/aromatic N) is 20. The highest BCUT2D eigenvalue weighted by atomic mass is 16.5. The van der Waals surface area contributed by atoms with Crippen molar-refractivity contribution in [1.82, 2.24) is 74.9 Å². The Morgan fingerprint density at radius 1 is 0.327 bits per heavy atom. The van der Waals surface area contributed by atoms with E-state index >= 15 is 0 Å². The van der Waals surface area contributed by atoms with E-state index in [1.165, 1.54) is 85.4 Å². The molecule has 7 aromatic heterocycles. The first-order chi connectivity index (χ1) is 70.5. The highest BCUT2D eigenvalue weighted by Gasteiger charge is 2.37. The molecule has 12 aliphatic heterocycles. The summed E-state index contributed by atoms with van der Waals surface area (Å²) in [4.78, 5) is 76.6. The lowest BCUT2D eigenvalue weighted by Gasteiger charge is -2.40. The van der Waals surface area contributed by atoms with Crippen LogP contribution in [0.2, 0.25) is 0 Å². The molecule has 814 valence electrons. The van der Waals surface area contributed by atoms with Crippen molar-refractivity contribution in [2.75, 3.05) is 327 Å². The monoisotopic (exact) mass is 2030 g/mol. The van der Waals surface area contributed by atoms with Gasteiger partial charge in [0.1, 0.15) is 35.2 Å². The fourth-order valence-electron chi connectivity index (χ4n) is 20.9. The molecule has 6 atom stereocenters. The van der Waals surface area contributed by atoms with Crippen LogP contribution in [-0.4, -0.2) is 380 Å². The maximum absolute atomic E-state index is 11.9. The number of carbonyl (C=O) groups is 1. The Morgan fingerprint density at radius 3 is 0.823 bits per heavy atom. The molecule has 7 aromatic rings. The first-order valence-corrected chi connectivity index (χ1v) is 56.0. The molecule has 2 unspecified atom stereocenters. The van der Waals surface area contributed by atoms with Gasteiger partial charge in [0.05, 0.1) is 74.5 Å². The number of aliphatic hydroxyl groups is 1. The lowest BCUT2D eigenvalue weighted by atomic mass is 9.97. The summed E-state index contributed by atoms with van der Waals surface area (Å²) in [5, 5.41) is 17.1. The quantitative estimate of drug-likeness (QED) is 0.0509. The second-order valence-corrected chi connectivity index (χ2v) is 46.1. The topological polar surface area (TPSA) is 249 Å². The van der Waals surface area contributed by atoms with Crippen molar-refractivity contribution in [2.24, 2.45) is 0 Å². The van der Waals surface area contributed by atoms with Gasteiger partial charge in [-0.3, -0.25) is 14.8 Å². The summed E-state index contributed by atoms with van der Waals surface area (Å²) in [7, 11) is 16.7. The average molecular weight is 2030 g/mol. The number of morpholine rings is 1. The third-order valence-corrected chi connectivity index (χ3v) is 30.7. The van der Waals surface area contributed by atoms with E-state index in [4.69, 9.17) is 63.3 Å². The number of amides is 1. The second-order valence-electron chi connectivity index (χ2n) is 46.1. The summed E-state index contributed by atoms with van der Waals surface area (Å²) in [6.07, 6.45) is 5.45. The van der Waals surface area contributed by atoms with Gasteiger partial charge in [0, 0.05) is 308 Å². The van der Waals surface area contributed by atoms with Crippen molar-refractivity contribution in [2.45, 2.75) is 239 Å². The average Bonchev–Trinajstić information content (AvgIpc) is 1.51. The minimum absolute atomic E-state index is 0.171. The molecule has 30 nitrogen and oxygen atoms in total. The number of carbonyl (C=O) groups excluding carboxylic acids is 1. The number of piperazine rings is 6. The third kappa shape index (κ3) is 33.1. The van der Waals surface area contributed by atoms with Crippen LogP contribution in [-0.2, 0) is 46.3 Å². The van der Waals surface area contributed by atoms with Gasteiger partial charge in [-0.05, 0) is 191 Å². The van der Waals surface area contributed by atoms with Gasteiger partial charge >= 0.3 is 0 Å². The van der Waals surface area contributed by atoms with Gasteiger partial charge in [-0.25, -0.2) is 24.9 Å². The molecular formula is C117H188N22O8. The minimum atomic E-state index is -0.842. The number of anilines is 7. The molecule has 0 bridgehead atoms. The number of hydrogen-bond acceptors (Lipinski definition) is 29. The number of hydrogen-bond donors (Lipinski definition) is 3. The van der Waals surface area contributed by atoms with Gasteiger partial charge < -0.3 is 108 Å². The molecule has 12 fully saturated rings. The SMILES string of the molecule is CC(C)c1ccc(C2CCOC2)c(N2CCN(C)CC2)n1.CC(C)c1ccc(C2CCOC2)c(N2CCNCC2)n1.CC(C)c1ccc(N2CCN(C)C(=O)C2)c(CN(C)C)n1.CC(C)c1ccc(N2CCO[C@H](C(C)(C)O)C2)c(CN(C)C)n1.CC(C)c1ccc([C@@H]2CCOC2)c(N2CCN(C)CC2)n1.CC(C)c1ccc([C@@H]2CCOC2)c(N2CCNCC2)n1.CC(C)c1ccc([C@H]2CCOC2)c(N2CCN(C)CC2)n1. The Kier molecular flexibility index (Phi) is 44.3. The van der Waals surface area contributed by atoms with E-state index < -0.39 is 5.60 Å². The van der Waals surface area contributed by atoms with E-state index in [9.17, 15) is 9.90 Å². The minimum Gasteiger partial charge on any atom is -0.388 e. The number of aromatic nitrogens is 7. The van der Waals surface area contributed by atoms with Crippen LogP contribution in [0.1, 0.15) is 293 Å². The molecular weight excluding hydrogens is 1840 g/mol. The molecule has 0 aliphatic carbocycles. The fraction of sp³-hybridized carbons (Fsp3) is 0.692. The molecule has 147 heavy (non-hydrogen) atoms. The molecule has 19 rings (SSSR count). The summed E-state index contributed by atoms with van der Waals surface area (Å²) in [5.74, 6) is 12.0. The zero-order valence-electron chi connectivity index (χ0n) is 94.7. The normalized spacial score (nSPS) is 22.1. The zero-order valence-corrected chi connectivity index (χ0v) is 94.7. The lowest BCUT2D eigenvalue weighted by molar-refractivity contribution is -0.129. The fourth-order valence-corrected chi connectivity index (χ4v) is 20.9. The summed E-state index contributed by atoms with van der Waals surface area (Å²) in [6.45, 7) is 70.5. The van der Waals surface area contributed by atoms with E-state index in [1.807, 2.05) is 35.0 Å². The van der Waals surface area contributed by atoms with Crippen molar-refractivity contribution < 1.29 is 38.3 Å². The van der Waals surface area contributed by atoms with Crippen LogP contribution < -0.4 is 44.9 Å². The van der Waals surface area contributed by atoms with Crippen LogP contribution in [0.15, 0.2) is 84.9 Å². The smallest absolute Gasteiger partial charge is 0.241 e. The van der Waals surface area contributed by atoms with Gasteiger partial charge in [-0.2, -0.15) is 0 Å². The third-order valence-electron chi connectivity index (χ3n) is 30.7. The Hall–Kier alpha value is -8.44. The summed E-state index contributed by atoms with van der Waals surface area (Å²) >= 11 is 0. The van der Waals surface area contributed by atoms with Gasteiger partial charge in [0.15, 0.2) is 0 Å². The van der Waals surface area contributed by atoms with Crippen molar-refractivity contribution >= 4 is 46.4 Å². The standard InChI is InChI=1S/C18H31N3O2.3C17H27N3O.C16H26N4O.2C16H25N3O/c1-13(2)14-7-8-16(15(19-14)11-20(5)6)21-9-10-23-17(12-21)18(3,4)22;3*1-13(2)16-5-4-15(14-6-11-21-12-14)17(18-16)20-9-7-19(3)8-10-20;1-12(2)13-6-7-15(14(17-13)10-18(3)4)20-9-8-19(5)16(21)11-20;2*1-12(2)15-4-3-14(13-5-10-20-11-13)16(18-15)19-8-6-17-7-9-19/h7-8,13,17,22H,9-12H2,1-6H3;3*4-5,13-14H,6-12H2,1-3H3;6-7,12H,8-11H2,1-5H3;2*3-4,12-13,17H,5-11H2,1-2H3/t17-;2*14-;;;13-;/m010..1./s1. The van der Waals surface area contributed by atoms with E-state index in [0.717, 1.165) is 296 Å². The first-order valence-electron chi connectivity index (χ1n) is 56.0. The number of rotatable bonds is 24. The second kappa shape index (κ2) is 56.2. The first kappa shape index (κ1) is 116. The number of nitrogens with one attached hydrogen (secondary N) is 2. The van der Waals surface area contributed by atoms with Crippen molar-refractivity contribution in [3.05, 3.63) is 164 Å². The predicted octanol–water partition coefficient (Wildman–Crippen LogP) is 15.4. The van der Waals surface area contributed by atoms with Crippen LogP contribution in [0.4, 0.5) is 40.5 Å². The summed E-state index contributed by atoms with van der Waals surface area (Å²) in [5.41, 5.74) is 18.7. The molecule has 1 amide bonds. The molecule has 30 heteroatoms. The van der Waals surface area contributed by atoms with Crippen molar-refractivity contribution in [1.29, 1.82) is 0 Å². The summed E-state index contributed by atoms with van der Waals surface area (Å²) < 4.78 is 33.7. The van der Waals surface area contributed by atoms with E-state index in [-0.39, 0.29) is 12.0 Å². The highest BCUT2D eigenvalue weighted by molar-refractivity contribution is 5.83. The predicted molar refractivity (Wildman–Crippen MR) is 601 cm³/mol. The maximum Gasteiger partial charge on any atom is 0.241 e. The lowest BCUT2D eigenvalue weighted by Crippen LogP contribution is -2.52. The van der Waals surface area contributed by atoms with Crippen LogP contribution in [0, 0.1) is 0 Å². The molecule has 12 aliphatic rings. The van der Waals surface area contributed by atoms with Crippen LogP contribution in [0.25, 0.3) is 0 Å². The van der Waals surface area contributed by atoms with E-state index in [2.05, 4.69) is 287 Å². The Balaban J connectivity index is 0.000000143. The van der Waals surface area contributed by atoms with Crippen LogP contribution in [0.5, 0.6) is 0 Å². The molecule has 12 saturated heterocycles. The van der Waals surface area contributed by atoms with E-state index in [0.29, 0.717) is 90.7 Å². The number of likely N-dealkylation sites (N-methyl/N-ethyl adjacent to an activating group) is 4. The van der Waals surface area contributed by atoms with Crippen molar-refractivity contribution in [3.63, 3.8) is 0 Å². The number of pyridine rings is 7. The Bertz CT molecular complexity index is 4830. The van der Waals surface area contributed by atoms with Crippen molar-refractivity contribution in [3.8, 4) is 0 Å². The van der Waals surface area contributed by atoms with Gasteiger partial charge in [0.25, 0.3) is 0 Å². The van der Waals surface area contributed by atoms with Crippen LogP contribution >= 0.6 is 0 Å². The molecule has 3 N–H and O–H groups in total. The van der Waals surface area contributed by atoms with E-state index in [1.54, 1.807) is 4.90 Å².